The summed E-state index contributed by atoms with van der Waals surface area (Å²) < 4.78 is 10.8. The molecule has 26 heavy (non-hydrogen) atoms. The Morgan fingerprint density at radius 3 is 2.19 bits per heavy atom. The number of carbonyl (C=O) groups excluding carboxylic acids is 3. The SMILES string of the molecule is CCOC(=O)c1sc(NC(=O)CN=C(SC)SC)c(C(=O)OCC)c1C. The monoisotopic (exact) mass is 418 g/mol. The molecule has 0 radical (unpaired) electrons. The molecule has 1 heterocycles. The van der Waals surface area contributed by atoms with Gasteiger partial charge in [-0.05, 0) is 38.8 Å². The number of hydrogen-bond acceptors (Lipinski definition) is 9. The van der Waals surface area contributed by atoms with Crippen LogP contribution in [-0.4, -0.2) is 54.5 Å². The van der Waals surface area contributed by atoms with Gasteiger partial charge in [0.25, 0.3) is 0 Å². The van der Waals surface area contributed by atoms with Gasteiger partial charge in [0.15, 0.2) is 0 Å². The van der Waals surface area contributed by atoms with E-state index in [2.05, 4.69) is 10.3 Å². The first-order valence-electron chi connectivity index (χ1n) is 7.79. The summed E-state index contributed by atoms with van der Waals surface area (Å²) in [6, 6.07) is 0. The maximum Gasteiger partial charge on any atom is 0.348 e. The van der Waals surface area contributed by atoms with Crippen molar-refractivity contribution in [2.45, 2.75) is 20.8 Å². The van der Waals surface area contributed by atoms with Gasteiger partial charge in [-0.15, -0.1) is 34.9 Å². The number of hydrogen-bond donors (Lipinski definition) is 1. The second-order valence-electron chi connectivity index (χ2n) is 4.74. The highest BCUT2D eigenvalue weighted by Gasteiger charge is 2.27. The molecule has 0 spiro atoms. The Bertz CT molecular complexity index is 694. The predicted octanol–water partition coefficient (Wildman–Crippen LogP) is 3.43. The number of nitrogens with one attached hydrogen (secondary N) is 1. The lowest BCUT2D eigenvalue weighted by atomic mass is 10.1. The number of esters is 2. The second-order valence-corrected chi connectivity index (χ2v) is 7.61. The minimum absolute atomic E-state index is 0.0784. The lowest BCUT2D eigenvalue weighted by molar-refractivity contribution is -0.114. The third-order valence-electron chi connectivity index (χ3n) is 3.04. The largest absolute Gasteiger partial charge is 0.462 e. The number of thioether (sulfide) groups is 2. The second kappa shape index (κ2) is 11.2. The molecular weight excluding hydrogens is 396 g/mol. The smallest absolute Gasteiger partial charge is 0.348 e. The number of nitrogens with zero attached hydrogens (tertiary/aromatic N) is 1. The van der Waals surface area contributed by atoms with Crippen LogP contribution in [0.15, 0.2) is 4.99 Å². The number of aliphatic imine (C=N–C) groups is 1. The van der Waals surface area contributed by atoms with E-state index in [1.54, 1.807) is 20.8 Å². The number of ether oxygens (including phenoxy) is 2. The fraction of sp³-hybridized carbons (Fsp3) is 0.500. The van der Waals surface area contributed by atoms with Gasteiger partial charge in [0, 0.05) is 0 Å². The summed E-state index contributed by atoms with van der Waals surface area (Å²) in [5.74, 6) is -1.51. The van der Waals surface area contributed by atoms with Gasteiger partial charge < -0.3 is 14.8 Å². The van der Waals surface area contributed by atoms with Crippen LogP contribution in [0.25, 0.3) is 0 Å². The molecule has 7 nitrogen and oxygen atoms in total. The summed E-state index contributed by atoms with van der Waals surface area (Å²) >= 11 is 3.89. The summed E-state index contributed by atoms with van der Waals surface area (Å²) in [7, 11) is 0. The Kier molecular flexibility index (Phi) is 9.74. The minimum Gasteiger partial charge on any atom is -0.462 e. The molecule has 0 fully saturated rings. The number of anilines is 1. The highest BCUT2D eigenvalue weighted by molar-refractivity contribution is 8.38. The molecule has 0 saturated carbocycles. The Hall–Kier alpha value is -1.52. The molecule has 0 aliphatic carbocycles. The van der Waals surface area contributed by atoms with Crippen molar-refractivity contribution in [2.24, 2.45) is 4.99 Å². The molecule has 144 valence electrons. The fourth-order valence-corrected chi connectivity index (χ4v) is 4.12. The Labute approximate surface area is 165 Å². The molecule has 1 N–H and O–H groups in total. The average molecular weight is 419 g/mol. The van der Waals surface area contributed by atoms with Crippen LogP contribution in [0.2, 0.25) is 0 Å². The topological polar surface area (TPSA) is 94.1 Å². The summed E-state index contributed by atoms with van der Waals surface area (Å²) in [6.07, 6.45) is 3.75. The Balaban J connectivity index is 3.13. The van der Waals surface area contributed by atoms with Crippen LogP contribution in [0.3, 0.4) is 0 Å². The summed E-state index contributed by atoms with van der Waals surface area (Å²) in [6.45, 7) is 5.33. The Morgan fingerprint density at radius 2 is 1.65 bits per heavy atom. The zero-order valence-corrected chi connectivity index (χ0v) is 17.8. The highest BCUT2D eigenvalue weighted by atomic mass is 32.2. The van der Waals surface area contributed by atoms with Crippen molar-refractivity contribution in [3.05, 3.63) is 16.0 Å². The molecule has 1 aromatic rings. The molecule has 0 unspecified atom stereocenters. The molecule has 1 amide bonds. The third kappa shape index (κ3) is 6.03. The maximum absolute atomic E-state index is 12.3. The van der Waals surface area contributed by atoms with Crippen LogP contribution in [0, 0.1) is 6.92 Å². The molecule has 0 aromatic carbocycles. The first kappa shape index (κ1) is 22.5. The molecule has 0 aliphatic rings. The molecule has 0 bridgehead atoms. The van der Waals surface area contributed by atoms with E-state index in [0.717, 1.165) is 15.7 Å². The summed E-state index contributed by atoms with van der Waals surface area (Å²) in [5.41, 5.74) is 0.604. The van der Waals surface area contributed by atoms with E-state index >= 15 is 0 Å². The van der Waals surface area contributed by atoms with Gasteiger partial charge in [-0.1, -0.05) is 0 Å². The zero-order valence-electron chi connectivity index (χ0n) is 15.3. The third-order valence-corrected chi connectivity index (χ3v) is 6.19. The van der Waals surface area contributed by atoms with Crippen molar-refractivity contribution in [2.75, 3.05) is 37.6 Å². The summed E-state index contributed by atoms with van der Waals surface area (Å²) in [5, 5.41) is 2.92. The van der Waals surface area contributed by atoms with Crippen molar-refractivity contribution in [1.82, 2.24) is 0 Å². The van der Waals surface area contributed by atoms with Crippen molar-refractivity contribution >= 4 is 62.1 Å². The van der Waals surface area contributed by atoms with Crippen LogP contribution < -0.4 is 5.32 Å². The van der Waals surface area contributed by atoms with E-state index in [1.807, 2.05) is 12.5 Å². The molecule has 1 aromatic heterocycles. The number of carbonyl (C=O) groups is 3. The van der Waals surface area contributed by atoms with Crippen LogP contribution in [0.5, 0.6) is 0 Å². The van der Waals surface area contributed by atoms with Crippen molar-refractivity contribution in [3.8, 4) is 0 Å². The first-order valence-corrected chi connectivity index (χ1v) is 11.1. The van der Waals surface area contributed by atoms with Crippen molar-refractivity contribution in [1.29, 1.82) is 0 Å². The quantitative estimate of drug-likeness (QED) is 0.412. The number of thiophene rings is 1. The van der Waals surface area contributed by atoms with Gasteiger partial charge in [-0.3, -0.25) is 9.79 Å². The van der Waals surface area contributed by atoms with Gasteiger partial charge in [-0.25, -0.2) is 9.59 Å². The van der Waals surface area contributed by atoms with E-state index in [0.29, 0.717) is 5.56 Å². The first-order chi connectivity index (χ1) is 12.4. The lowest BCUT2D eigenvalue weighted by Gasteiger charge is -2.06. The van der Waals surface area contributed by atoms with Gasteiger partial charge in [0.05, 0.1) is 18.8 Å². The number of rotatable bonds is 7. The van der Waals surface area contributed by atoms with Gasteiger partial charge in [-0.2, -0.15) is 0 Å². The van der Waals surface area contributed by atoms with E-state index in [4.69, 9.17) is 9.47 Å². The van der Waals surface area contributed by atoms with E-state index < -0.39 is 11.9 Å². The van der Waals surface area contributed by atoms with Gasteiger partial charge in [0.1, 0.15) is 20.8 Å². The van der Waals surface area contributed by atoms with Gasteiger partial charge in [0.2, 0.25) is 5.91 Å². The predicted molar refractivity (Wildman–Crippen MR) is 109 cm³/mol. The van der Waals surface area contributed by atoms with Crippen LogP contribution in [0.1, 0.15) is 39.4 Å². The molecule has 0 atom stereocenters. The fourth-order valence-electron chi connectivity index (χ4n) is 1.96. The number of amides is 1. The van der Waals surface area contributed by atoms with Crippen molar-refractivity contribution < 1.29 is 23.9 Å². The van der Waals surface area contributed by atoms with Crippen molar-refractivity contribution in [3.63, 3.8) is 0 Å². The Morgan fingerprint density at radius 1 is 1.08 bits per heavy atom. The van der Waals surface area contributed by atoms with E-state index in [9.17, 15) is 14.4 Å². The standard InChI is InChI=1S/C16H22N2O5S3/c1-6-22-14(20)11-9(3)12(15(21)23-7-2)26-13(11)18-10(19)8-17-16(24-4)25-5/h6-8H2,1-5H3,(H,18,19). The molecular formula is C16H22N2O5S3. The van der Waals surface area contributed by atoms with E-state index in [1.165, 1.54) is 23.5 Å². The molecule has 0 saturated heterocycles. The average Bonchev–Trinajstić information content (AvgIpc) is 2.92. The summed E-state index contributed by atoms with van der Waals surface area (Å²) in [4.78, 5) is 41.0. The molecule has 1 rings (SSSR count). The minimum atomic E-state index is -0.593. The molecule has 10 heteroatoms. The van der Waals surface area contributed by atoms with Gasteiger partial charge >= 0.3 is 11.9 Å². The molecule has 0 aliphatic heterocycles. The maximum atomic E-state index is 12.3. The van der Waals surface area contributed by atoms with E-state index in [-0.39, 0.29) is 41.1 Å². The van der Waals surface area contributed by atoms with Crippen LogP contribution in [0.4, 0.5) is 5.00 Å². The van der Waals surface area contributed by atoms with Crippen LogP contribution >= 0.6 is 34.9 Å². The normalized spacial score (nSPS) is 10.2. The lowest BCUT2D eigenvalue weighted by Crippen LogP contribution is -2.17. The highest BCUT2D eigenvalue weighted by Crippen LogP contribution is 2.34. The van der Waals surface area contributed by atoms with Crippen LogP contribution in [-0.2, 0) is 14.3 Å². The zero-order chi connectivity index (χ0) is 19.7.